The molecule has 3 heterocycles. The zero-order valence-electron chi connectivity index (χ0n) is 16.5. The second kappa shape index (κ2) is 9.00. The van der Waals surface area contributed by atoms with Gasteiger partial charge < -0.3 is 19.9 Å². The fourth-order valence-electron chi connectivity index (χ4n) is 3.59. The number of halogens is 3. The van der Waals surface area contributed by atoms with Crippen molar-refractivity contribution in [1.82, 2.24) is 24.6 Å². The highest BCUT2D eigenvalue weighted by Crippen LogP contribution is 2.33. The van der Waals surface area contributed by atoms with E-state index < -0.39 is 18.2 Å². The maximum atomic E-state index is 13.0. The van der Waals surface area contributed by atoms with Gasteiger partial charge in [0, 0.05) is 18.0 Å². The van der Waals surface area contributed by atoms with E-state index in [1.165, 1.54) is 11.0 Å². The smallest absolute Gasteiger partial charge is 0.322 e. The lowest BCUT2D eigenvalue weighted by Gasteiger charge is -2.25. The lowest BCUT2D eigenvalue weighted by molar-refractivity contribution is 0.175. The summed E-state index contributed by atoms with van der Waals surface area (Å²) in [5.41, 5.74) is 1.34. The van der Waals surface area contributed by atoms with Crippen molar-refractivity contribution in [2.24, 2.45) is 0 Å². The van der Waals surface area contributed by atoms with Crippen molar-refractivity contribution in [3.63, 3.8) is 0 Å². The zero-order chi connectivity index (χ0) is 22.1. The molecule has 1 fully saturated rings. The minimum Gasteiger partial charge on any atom is -0.391 e. The number of urea groups is 1. The second-order valence-electron chi connectivity index (χ2n) is 7.28. The molecule has 1 saturated heterocycles. The van der Waals surface area contributed by atoms with Crippen LogP contribution in [0.25, 0.3) is 0 Å². The molecule has 0 bridgehead atoms. The van der Waals surface area contributed by atoms with Crippen LogP contribution in [0.1, 0.15) is 29.7 Å². The molecule has 0 unspecified atom stereocenters. The lowest BCUT2D eigenvalue weighted by Crippen LogP contribution is -2.36. The molecule has 11 heteroatoms. The summed E-state index contributed by atoms with van der Waals surface area (Å²) >= 11 is 17.9. The van der Waals surface area contributed by atoms with Crippen LogP contribution in [0.2, 0.25) is 15.3 Å². The molecule has 2 amide bonds. The molecule has 2 N–H and O–H groups in total. The van der Waals surface area contributed by atoms with Gasteiger partial charge in [0.25, 0.3) is 0 Å². The Hall–Kier alpha value is -2.39. The number of rotatable bonds is 4. The van der Waals surface area contributed by atoms with Crippen molar-refractivity contribution < 1.29 is 9.90 Å². The largest absolute Gasteiger partial charge is 0.391 e. The maximum absolute atomic E-state index is 13.0. The van der Waals surface area contributed by atoms with E-state index in [4.69, 9.17) is 34.8 Å². The first-order chi connectivity index (χ1) is 14.8. The third kappa shape index (κ3) is 4.77. The summed E-state index contributed by atoms with van der Waals surface area (Å²) in [4.78, 5) is 18.5. The number of hydrogen-bond donors (Lipinski definition) is 2. The Morgan fingerprint density at radius 1 is 1.16 bits per heavy atom. The molecular formula is C20H19Cl3N6O2. The lowest BCUT2D eigenvalue weighted by atomic mass is 10.1. The van der Waals surface area contributed by atoms with E-state index in [1.54, 1.807) is 6.07 Å². The number of carbonyl (C=O) groups excluding carboxylic acids is 1. The van der Waals surface area contributed by atoms with Crippen molar-refractivity contribution in [3.05, 3.63) is 68.9 Å². The minimum atomic E-state index is -0.685. The Morgan fingerprint density at radius 3 is 2.61 bits per heavy atom. The average molecular weight is 482 g/mol. The average Bonchev–Trinajstić information content (AvgIpc) is 3.28. The SMILES string of the molecule is Cc1nnc([C@H]2C[C@@H](O)CN2C(=O)Nc2ccc(Cl)nc2Cl)n1Cc1ccc(Cl)cc1. The van der Waals surface area contributed by atoms with Crippen LogP contribution in [0.15, 0.2) is 36.4 Å². The Bertz CT molecular complexity index is 1100. The molecular weight excluding hydrogens is 463 g/mol. The molecule has 3 aromatic rings. The van der Waals surface area contributed by atoms with Crippen molar-refractivity contribution in [2.75, 3.05) is 11.9 Å². The predicted octanol–water partition coefficient (Wildman–Crippen LogP) is 4.33. The molecule has 8 nitrogen and oxygen atoms in total. The summed E-state index contributed by atoms with van der Waals surface area (Å²) in [5.74, 6) is 1.30. The summed E-state index contributed by atoms with van der Waals surface area (Å²) < 4.78 is 1.93. The van der Waals surface area contributed by atoms with Gasteiger partial charge in [-0.1, -0.05) is 46.9 Å². The molecule has 2 aromatic heterocycles. The first-order valence-corrected chi connectivity index (χ1v) is 10.7. The third-order valence-electron chi connectivity index (χ3n) is 5.11. The number of benzene rings is 1. The van der Waals surface area contributed by atoms with E-state index in [1.807, 2.05) is 35.8 Å². The number of amides is 2. The van der Waals surface area contributed by atoms with Gasteiger partial charge in [0.05, 0.1) is 24.4 Å². The number of anilines is 1. The molecule has 2 atom stereocenters. The van der Waals surface area contributed by atoms with Crippen LogP contribution in [0.5, 0.6) is 0 Å². The highest BCUT2D eigenvalue weighted by atomic mass is 35.5. The van der Waals surface area contributed by atoms with E-state index in [2.05, 4.69) is 20.5 Å². The first-order valence-electron chi connectivity index (χ1n) is 9.53. The summed E-state index contributed by atoms with van der Waals surface area (Å²) in [6.45, 7) is 2.52. The highest BCUT2D eigenvalue weighted by molar-refractivity contribution is 6.34. The highest BCUT2D eigenvalue weighted by Gasteiger charge is 2.38. The monoisotopic (exact) mass is 480 g/mol. The number of carbonyl (C=O) groups is 1. The molecule has 1 aliphatic heterocycles. The molecule has 1 aliphatic rings. The number of aryl methyl sites for hydroxylation is 1. The normalized spacial score (nSPS) is 18.4. The van der Waals surface area contributed by atoms with Gasteiger partial charge in [-0.25, -0.2) is 9.78 Å². The van der Waals surface area contributed by atoms with E-state index in [0.717, 1.165) is 5.56 Å². The van der Waals surface area contributed by atoms with Crippen molar-refractivity contribution in [3.8, 4) is 0 Å². The fraction of sp³-hybridized carbons (Fsp3) is 0.300. The first kappa shape index (κ1) is 21.8. The van der Waals surface area contributed by atoms with Crippen LogP contribution in [-0.4, -0.2) is 48.4 Å². The van der Waals surface area contributed by atoms with Crippen molar-refractivity contribution in [1.29, 1.82) is 0 Å². The standard InChI is InChI=1S/C20H19Cl3N6O2/c1-11-26-27-19(28(11)9-12-2-4-13(21)5-3-12)16-8-14(30)10-29(16)20(31)24-15-6-7-17(22)25-18(15)23/h2-7,14,16,30H,8-10H2,1H3,(H,24,31)/t14-,16-/m1/s1. The number of nitrogens with zero attached hydrogens (tertiary/aromatic N) is 5. The number of β-amino-alcohol motifs (C(OH)–C–C–N with tert-alkyl or cyclic N) is 1. The number of aliphatic hydroxyl groups excluding tert-OH is 1. The number of nitrogens with one attached hydrogen (secondary N) is 1. The van der Waals surface area contributed by atoms with Crippen molar-refractivity contribution in [2.45, 2.75) is 32.0 Å². The van der Waals surface area contributed by atoms with Gasteiger partial charge in [0.1, 0.15) is 11.0 Å². The third-order valence-corrected chi connectivity index (χ3v) is 5.86. The Labute approximate surface area is 193 Å². The molecule has 1 aromatic carbocycles. The van der Waals surface area contributed by atoms with Crippen LogP contribution in [0.4, 0.5) is 10.5 Å². The Kier molecular flexibility index (Phi) is 6.34. The number of likely N-dealkylation sites (tertiary alicyclic amines) is 1. The Balaban J connectivity index is 1.59. The van der Waals surface area contributed by atoms with Crippen LogP contribution < -0.4 is 5.32 Å². The van der Waals surface area contributed by atoms with E-state index >= 15 is 0 Å². The summed E-state index contributed by atoms with van der Waals surface area (Å²) in [6.07, 6.45) is -0.339. The summed E-state index contributed by atoms with van der Waals surface area (Å²) in [5, 5.41) is 22.5. The fourth-order valence-corrected chi connectivity index (χ4v) is 4.11. The number of hydrogen-bond acceptors (Lipinski definition) is 5. The van der Waals surface area contributed by atoms with Gasteiger partial charge in [-0.05, 0) is 36.8 Å². The molecule has 162 valence electrons. The maximum Gasteiger partial charge on any atom is 0.322 e. The van der Waals surface area contributed by atoms with Crippen LogP contribution >= 0.6 is 34.8 Å². The van der Waals surface area contributed by atoms with Crippen LogP contribution in [0, 0.1) is 6.92 Å². The molecule has 0 aliphatic carbocycles. The van der Waals surface area contributed by atoms with Crippen LogP contribution in [-0.2, 0) is 6.54 Å². The van der Waals surface area contributed by atoms with Gasteiger partial charge in [0.15, 0.2) is 11.0 Å². The molecule has 0 spiro atoms. The van der Waals surface area contributed by atoms with Crippen LogP contribution in [0.3, 0.4) is 0 Å². The number of aliphatic hydroxyl groups is 1. The topological polar surface area (TPSA) is 96.2 Å². The van der Waals surface area contributed by atoms with Gasteiger partial charge in [-0.2, -0.15) is 0 Å². The van der Waals surface area contributed by atoms with Gasteiger partial charge in [-0.15, -0.1) is 10.2 Å². The zero-order valence-corrected chi connectivity index (χ0v) is 18.7. The molecule has 31 heavy (non-hydrogen) atoms. The minimum absolute atomic E-state index is 0.0823. The van der Waals surface area contributed by atoms with E-state index in [0.29, 0.717) is 35.3 Å². The molecule has 0 radical (unpaired) electrons. The summed E-state index contributed by atoms with van der Waals surface area (Å²) in [6, 6.07) is 9.71. The molecule has 4 rings (SSSR count). The van der Waals surface area contributed by atoms with E-state index in [-0.39, 0.29) is 16.9 Å². The molecule has 0 saturated carbocycles. The second-order valence-corrected chi connectivity index (χ2v) is 8.46. The quantitative estimate of drug-likeness (QED) is 0.541. The van der Waals surface area contributed by atoms with Gasteiger partial charge in [0.2, 0.25) is 0 Å². The Morgan fingerprint density at radius 2 is 1.90 bits per heavy atom. The number of aromatic nitrogens is 4. The predicted molar refractivity (Wildman–Crippen MR) is 119 cm³/mol. The van der Waals surface area contributed by atoms with Gasteiger partial charge in [-0.3, -0.25) is 0 Å². The summed E-state index contributed by atoms with van der Waals surface area (Å²) in [7, 11) is 0. The van der Waals surface area contributed by atoms with Gasteiger partial charge >= 0.3 is 6.03 Å². The van der Waals surface area contributed by atoms with E-state index in [9.17, 15) is 9.90 Å². The number of pyridine rings is 1. The van der Waals surface area contributed by atoms with Crippen molar-refractivity contribution >= 4 is 46.5 Å².